The van der Waals surface area contributed by atoms with Crippen LogP contribution in [0.25, 0.3) is 0 Å². The molecular weight excluding hydrogens is 146 g/mol. The first-order valence-corrected chi connectivity index (χ1v) is 3.26. The van der Waals surface area contributed by atoms with Gasteiger partial charge in [0.1, 0.15) is 5.78 Å². The zero-order chi connectivity index (χ0) is 8.85. The number of hydrogen-bond donors (Lipinski definition) is 1. The second-order valence-corrected chi connectivity index (χ2v) is 2.12. The van der Waals surface area contributed by atoms with Gasteiger partial charge in [-0.3, -0.25) is 9.59 Å². The summed E-state index contributed by atoms with van der Waals surface area (Å²) in [7, 11) is 0. The summed E-state index contributed by atoms with van der Waals surface area (Å²) in [5.74, 6) is -2.60. The molecule has 4 heteroatoms. The largest absolute Gasteiger partial charge is 0.480 e. The molecule has 0 aromatic heterocycles. The van der Waals surface area contributed by atoms with Gasteiger partial charge in [0.05, 0.1) is 6.07 Å². The molecule has 0 spiro atoms. The SMILES string of the molecule is CCC(=O)CC(C#N)C(=O)O. The number of carboxylic acid groups (broad SMARTS) is 1. The van der Waals surface area contributed by atoms with Crippen LogP contribution in [0.5, 0.6) is 0 Å². The van der Waals surface area contributed by atoms with E-state index in [0.29, 0.717) is 0 Å². The van der Waals surface area contributed by atoms with Gasteiger partial charge in [-0.25, -0.2) is 0 Å². The smallest absolute Gasteiger partial charge is 0.321 e. The van der Waals surface area contributed by atoms with Crippen molar-refractivity contribution in [3.8, 4) is 6.07 Å². The zero-order valence-electron chi connectivity index (χ0n) is 6.20. The van der Waals surface area contributed by atoms with Crippen LogP contribution < -0.4 is 0 Å². The quantitative estimate of drug-likeness (QED) is 0.644. The third kappa shape index (κ3) is 3.36. The Hall–Kier alpha value is -1.37. The summed E-state index contributed by atoms with van der Waals surface area (Å²) < 4.78 is 0. The molecule has 0 radical (unpaired) electrons. The molecule has 0 saturated heterocycles. The molecule has 1 unspecified atom stereocenters. The van der Waals surface area contributed by atoms with Crippen LogP contribution in [0.15, 0.2) is 0 Å². The Bertz CT molecular complexity index is 204. The Morgan fingerprint density at radius 1 is 1.64 bits per heavy atom. The highest BCUT2D eigenvalue weighted by Gasteiger charge is 2.18. The molecule has 0 saturated carbocycles. The van der Waals surface area contributed by atoms with Gasteiger partial charge >= 0.3 is 5.97 Å². The minimum absolute atomic E-state index is 0.178. The highest BCUT2D eigenvalue weighted by Crippen LogP contribution is 2.03. The number of rotatable bonds is 4. The number of ketones is 1. The Labute approximate surface area is 64.4 Å². The summed E-state index contributed by atoms with van der Waals surface area (Å²) in [6.45, 7) is 1.64. The fourth-order valence-electron chi connectivity index (χ4n) is 0.560. The predicted octanol–water partition coefficient (Wildman–Crippen LogP) is 0.580. The first-order chi connectivity index (χ1) is 5.11. The van der Waals surface area contributed by atoms with Gasteiger partial charge in [-0.15, -0.1) is 0 Å². The molecule has 11 heavy (non-hydrogen) atoms. The van der Waals surface area contributed by atoms with E-state index < -0.39 is 11.9 Å². The molecule has 0 bridgehead atoms. The van der Waals surface area contributed by atoms with Gasteiger partial charge in [-0.1, -0.05) is 6.92 Å². The summed E-state index contributed by atoms with van der Waals surface area (Å²) in [5, 5.41) is 16.6. The normalized spacial score (nSPS) is 11.6. The van der Waals surface area contributed by atoms with Gasteiger partial charge in [-0.05, 0) is 0 Å². The van der Waals surface area contributed by atoms with E-state index in [0.717, 1.165) is 0 Å². The van der Waals surface area contributed by atoms with Gasteiger partial charge in [0.15, 0.2) is 5.92 Å². The average molecular weight is 155 g/mol. The number of aliphatic carboxylic acids is 1. The number of Topliss-reactive ketones (excluding diaryl/α,β-unsaturated/α-hetero) is 1. The summed E-state index contributed by atoms with van der Waals surface area (Å²) in [6.07, 6.45) is 0.105. The van der Waals surface area contributed by atoms with Crippen molar-refractivity contribution in [2.24, 2.45) is 5.92 Å². The Balaban J connectivity index is 4.01. The fourth-order valence-corrected chi connectivity index (χ4v) is 0.560. The molecule has 0 heterocycles. The lowest BCUT2D eigenvalue weighted by molar-refractivity contribution is -0.141. The maximum Gasteiger partial charge on any atom is 0.321 e. The molecule has 0 fully saturated rings. The van der Waals surface area contributed by atoms with Crippen LogP contribution in [0, 0.1) is 17.2 Å². The molecule has 0 aromatic carbocycles. The molecule has 0 aliphatic heterocycles. The second-order valence-electron chi connectivity index (χ2n) is 2.12. The summed E-state index contributed by atoms with van der Waals surface area (Å²) in [5.41, 5.74) is 0. The van der Waals surface area contributed by atoms with Crippen LogP contribution in [-0.2, 0) is 9.59 Å². The first-order valence-electron chi connectivity index (χ1n) is 3.26. The van der Waals surface area contributed by atoms with Crippen molar-refractivity contribution >= 4 is 11.8 Å². The van der Waals surface area contributed by atoms with Gasteiger partial charge in [0, 0.05) is 12.8 Å². The molecule has 0 amide bonds. The number of nitrogens with zero attached hydrogens (tertiary/aromatic N) is 1. The van der Waals surface area contributed by atoms with Gasteiger partial charge in [0.2, 0.25) is 0 Å². The Morgan fingerprint density at radius 2 is 2.18 bits per heavy atom. The molecule has 60 valence electrons. The van der Waals surface area contributed by atoms with Crippen molar-refractivity contribution in [2.45, 2.75) is 19.8 Å². The summed E-state index contributed by atoms with van der Waals surface area (Å²) >= 11 is 0. The topological polar surface area (TPSA) is 78.2 Å². The minimum atomic E-state index is -1.23. The van der Waals surface area contributed by atoms with Crippen molar-refractivity contribution in [3.63, 3.8) is 0 Å². The van der Waals surface area contributed by atoms with E-state index in [-0.39, 0.29) is 18.6 Å². The highest BCUT2D eigenvalue weighted by molar-refractivity contribution is 5.84. The first kappa shape index (κ1) is 9.63. The number of carboxylic acids is 1. The minimum Gasteiger partial charge on any atom is -0.480 e. The molecule has 4 nitrogen and oxygen atoms in total. The van der Waals surface area contributed by atoms with E-state index >= 15 is 0 Å². The molecule has 1 N–H and O–H groups in total. The van der Waals surface area contributed by atoms with E-state index in [1.807, 2.05) is 0 Å². The zero-order valence-corrected chi connectivity index (χ0v) is 6.20. The van der Waals surface area contributed by atoms with E-state index in [9.17, 15) is 9.59 Å². The molecule has 0 rings (SSSR count). The average Bonchev–Trinajstić information content (AvgIpc) is 1.99. The number of hydrogen-bond acceptors (Lipinski definition) is 3. The fraction of sp³-hybridized carbons (Fsp3) is 0.571. The summed E-state index contributed by atoms with van der Waals surface area (Å²) in [4.78, 5) is 20.9. The van der Waals surface area contributed by atoms with Crippen molar-refractivity contribution in [3.05, 3.63) is 0 Å². The maximum atomic E-state index is 10.7. The lowest BCUT2D eigenvalue weighted by Crippen LogP contribution is -2.15. The predicted molar refractivity (Wildman–Crippen MR) is 36.7 cm³/mol. The molecular formula is C7H9NO3. The molecule has 1 atom stereocenters. The van der Waals surface area contributed by atoms with Crippen molar-refractivity contribution in [2.75, 3.05) is 0 Å². The van der Waals surface area contributed by atoms with Gasteiger partial charge < -0.3 is 5.11 Å². The van der Waals surface area contributed by atoms with Crippen LogP contribution in [0.3, 0.4) is 0 Å². The van der Waals surface area contributed by atoms with Crippen LogP contribution in [0.4, 0.5) is 0 Å². The van der Waals surface area contributed by atoms with Crippen LogP contribution in [0.2, 0.25) is 0 Å². The lowest BCUT2D eigenvalue weighted by atomic mass is 10.0. The maximum absolute atomic E-state index is 10.7. The summed E-state index contributed by atoms with van der Waals surface area (Å²) in [6, 6.07) is 1.55. The monoisotopic (exact) mass is 155 g/mol. The molecule has 0 aromatic rings. The van der Waals surface area contributed by atoms with Crippen LogP contribution >= 0.6 is 0 Å². The van der Waals surface area contributed by atoms with E-state index in [2.05, 4.69) is 0 Å². The molecule has 0 aliphatic rings. The van der Waals surface area contributed by atoms with Crippen molar-refractivity contribution in [1.82, 2.24) is 0 Å². The lowest BCUT2D eigenvalue weighted by Gasteiger charge is -1.99. The van der Waals surface area contributed by atoms with Crippen molar-refractivity contribution < 1.29 is 14.7 Å². The highest BCUT2D eigenvalue weighted by atomic mass is 16.4. The number of carbonyl (C=O) groups excluding carboxylic acids is 1. The molecule has 0 aliphatic carbocycles. The van der Waals surface area contributed by atoms with Gasteiger partial charge in [0.25, 0.3) is 0 Å². The Morgan fingerprint density at radius 3 is 2.45 bits per heavy atom. The second kappa shape index (κ2) is 4.45. The van der Waals surface area contributed by atoms with Gasteiger partial charge in [-0.2, -0.15) is 5.26 Å². The Kier molecular flexibility index (Phi) is 3.89. The van der Waals surface area contributed by atoms with Crippen LogP contribution in [0.1, 0.15) is 19.8 Å². The van der Waals surface area contributed by atoms with E-state index in [4.69, 9.17) is 10.4 Å². The number of carbonyl (C=O) groups is 2. The van der Waals surface area contributed by atoms with Crippen molar-refractivity contribution in [1.29, 1.82) is 5.26 Å². The standard InChI is InChI=1S/C7H9NO3/c1-2-6(9)3-5(4-8)7(10)11/h5H,2-3H2,1H3,(H,10,11). The number of nitriles is 1. The third-order valence-electron chi connectivity index (χ3n) is 1.28. The third-order valence-corrected chi connectivity index (χ3v) is 1.28. The van der Waals surface area contributed by atoms with Crippen LogP contribution in [-0.4, -0.2) is 16.9 Å². The van der Waals surface area contributed by atoms with E-state index in [1.54, 1.807) is 13.0 Å². The van der Waals surface area contributed by atoms with E-state index in [1.165, 1.54) is 0 Å².